The van der Waals surface area contributed by atoms with Gasteiger partial charge < -0.3 is 15.2 Å². The van der Waals surface area contributed by atoms with Gasteiger partial charge >= 0.3 is 11.7 Å². The summed E-state index contributed by atoms with van der Waals surface area (Å²) >= 11 is 5.91. The van der Waals surface area contributed by atoms with Crippen LogP contribution in [0.15, 0.2) is 58.1 Å². The third-order valence-corrected chi connectivity index (χ3v) is 5.00. The standard InChI is InChI=1S/C22H20ClN3O6/c1-25-20(28)18(19(24)26(22(25)30)11-13-6-4-3-5-7-13)16(27)12-32-21(29)15-10-14(23)8-9-17(15)31-2/h3-10H,11-12,24H2,1-2H3. The van der Waals surface area contributed by atoms with Crippen molar-refractivity contribution in [3.05, 3.63) is 91.1 Å². The minimum absolute atomic E-state index is 0.0164. The van der Waals surface area contributed by atoms with Crippen LogP contribution in [0.5, 0.6) is 5.75 Å². The number of ketones is 1. The van der Waals surface area contributed by atoms with E-state index in [0.717, 1.165) is 14.7 Å². The number of esters is 1. The van der Waals surface area contributed by atoms with Crippen LogP contribution < -0.4 is 21.7 Å². The molecule has 0 spiro atoms. The van der Waals surface area contributed by atoms with E-state index in [9.17, 15) is 19.2 Å². The summed E-state index contributed by atoms with van der Waals surface area (Å²) in [5.41, 5.74) is 4.82. The molecule has 0 radical (unpaired) electrons. The Morgan fingerprint density at radius 2 is 1.78 bits per heavy atom. The lowest BCUT2D eigenvalue weighted by Crippen LogP contribution is -2.43. The molecule has 32 heavy (non-hydrogen) atoms. The Kier molecular flexibility index (Phi) is 6.79. The number of benzene rings is 2. The second-order valence-electron chi connectivity index (χ2n) is 6.82. The van der Waals surface area contributed by atoms with E-state index in [0.29, 0.717) is 0 Å². The minimum atomic E-state index is -0.877. The van der Waals surface area contributed by atoms with Gasteiger partial charge in [-0.05, 0) is 23.8 Å². The van der Waals surface area contributed by atoms with Gasteiger partial charge in [-0.1, -0.05) is 41.9 Å². The van der Waals surface area contributed by atoms with E-state index in [1.54, 1.807) is 24.3 Å². The van der Waals surface area contributed by atoms with Crippen LogP contribution in [0.4, 0.5) is 5.82 Å². The van der Waals surface area contributed by atoms with Crippen LogP contribution in [-0.4, -0.2) is 34.6 Å². The number of Topliss-reactive ketones (excluding diaryl/α,β-unsaturated/α-hetero) is 1. The van der Waals surface area contributed by atoms with E-state index < -0.39 is 35.2 Å². The van der Waals surface area contributed by atoms with E-state index in [-0.39, 0.29) is 28.7 Å². The van der Waals surface area contributed by atoms with Crippen molar-refractivity contribution in [3.8, 4) is 5.75 Å². The second-order valence-corrected chi connectivity index (χ2v) is 7.26. The average Bonchev–Trinajstić information content (AvgIpc) is 2.79. The number of hydrogen-bond donors (Lipinski definition) is 1. The summed E-state index contributed by atoms with van der Waals surface area (Å²) < 4.78 is 12.1. The van der Waals surface area contributed by atoms with Crippen molar-refractivity contribution in [3.63, 3.8) is 0 Å². The third kappa shape index (κ3) is 4.57. The number of methoxy groups -OCH3 is 1. The Bertz CT molecular complexity index is 1300. The zero-order valence-electron chi connectivity index (χ0n) is 17.3. The van der Waals surface area contributed by atoms with Crippen molar-refractivity contribution in [1.29, 1.82) is 0 Å². The smallest absolute Gasteiger partial charge is 0.342 e. The van der Waals surface area contributed by atoms with Crippen molar-refractivity contribution in [2.24, 2.45) is 7.05 Å². The van der Waals surface area contributed by atoms with E-state index in [2.05, 4.69) is 0 Å². The van der Waals surface area contributed by atoms with Gasteiger partial charge in [0.25, 0.3) is 5.56 Å². The molecular weight excluding hydrogens is 438 g/mol. The number of anilines is 1. The SMILES string of the molecule is COc1ccc(Cl)cc1C(=O)OCC(=O)c1c(N)n(Cc2ccccc2)c(=O)n(C)c1=O. The van der Waals surface area contributed by atoms with Gasteiger partial charge in [0.05, 0.1) is 13.7 Å². The molecule has 0 saturated heterocycles. The van der Waals surface area contributed by atoms with Gasteiger partial charge in [-0.3, -0.25) is 18.7 Å². The summed E-state index contributed by atoms with van der Waals surface area (Å²) in [6, 6.07) is 13.3. The second kappa shape index (κ2) is 9.52. The zero-order valence-corrected chi connectivity index (χ0v) is 18.1. The number of rotatable bonds is 7. The van der Waals surface area contributed by atoms with Gasteiger partial charge in [-0.25, -0.2) is 9.59 Å². The first-order valence-electron chi connectivity index (χ1n) is 9.41. The number of ether oxygens (including phenoxy) is 2. The molecule has 10 heteroatoms. The summed E-state index contributed by atoms with van der Waals surface area (Å²) in [6.07, 6.45) is 0. The maximum atomic E-state index is 12.8. The molecule has 0 aliphatic rings. The average molecular weight is 458 g/mol. The Labute approximate surface area is 187 Å². The number of nitrogens with zero attached hydrogens (tertiary/aromatic N) is 2. The molecule has 0 fully saturated rings. The van der Waals surface area contributed by atoms with Crippen molar-refractivity contribution >= 4 is 29.2 Å². The van der Waals surface area contributed by atoms with Crippen LogP contribution >= 0.6 is 11.6 Å². The molecule has 0 saturated carbocycles. The summed E-state index contributed by atoms with van der Waals surface area (Å²) in [5, 5.41) is 0.273. The van der Waals surface area contributed by atoms with Crippen molar-refractivity contribution in [1.82, 2.24) is 9.13 Å². The molecule has 0 aliphatic carbocycles. The number of hydrogen-bond acceptors (Lipinski definition) is 7. The minimum Gasteiger partial charge on any atom is -0.496 e. The van der Waals surface area contributed by atoms with Crippen LogP contribution in [-0.2, 0) is 18.3 Å². The first-order valence-corrected chi connectivity index (χ1v) is 9.79. The molecule has 0 atom stereocenters. The number of carbonyl (C=O) groups is 2. The van der Waals surface area contributed by atoms with Crippen LogP contribution in [0.3, 0.4) is 0 Å². The highest BCUT2D eigenvalue weighted by Gasteiger charge is 2.24. The molecule has 0 amide bonds. The Hall–Kier alpha value is -3.85. The largest absolute Gasteiger partial charge is 0.496 e. The van der Waals surface area contributed by atoms with E-state index >= 15 is 0 Å². The van der Waals surface area contributed by atoms with E-state index in [1.807, 2.05) is 6.07 Å². The number of nitrogens with two attached hydrogens (primary N) is 1. The molecule has 2 N–H and O–H groups in total. The number of aromatic nitrogens is 2. The predicted molar refractivity (Wildman–Crippen MR) is 119 cm³/mol. The lowest BCUT2D eigenvalue weighted by Gasteiger charge is -2.15. The Morgan fingerprint density at radius 1 is 1.09 bits per heavy atom. The van der Waals surface area contributed by atoms with Gasteiger partial charge in [0.1, 0.15) is 22.7 Å². The highest BCUT2D eigenvalue weighted by Crippen LogP contribution is 2.23. The van der Waals surface area contributed by atoms with Gasteiger partial charge in [-0.2, -0.15) is 0 Å². The van der Waals surface area contributed by atoms with Crippen molar-refractivity contribution in [2.75, 3.05) is 19.5 Å². The molecule has 3 aromatic rings. The number of halogens is 1. The molecule has 2 aromatic carbocycles. The monoisotopic (exact) mass is 457 g/mol. The highest BCUT2D eigenvalue weighted by molar-refractivity contribution is 6.31. The lowest BCUT2D eigenvalue weighted by molar-refractivity contribution is 0.0471. The van der Waals surface area contributed by atoms with Gasteiger partial charge in [0, 0.05) is 12.1 Å². The van der Waals surface area contributed by atoms with Crippen LogP contribution in [0.1, 0.15) is 26.3 Å². The fourth-order valence-corrected chi connectivity index (χ4v) is 3.26. The molecule has 1 heterocycles. The molecular formula is C22H20ClN3O6. The molecule has 1 aromatic heterocycles. The third-order valence-electron chi connectivity index (χ3n) is 4.76. The summed E-state index contributed by atoms with van der Waals surface area (Å²) in [4.78, 5) is 50.4. The van der Waals surface area contributed by atoms with Crippen molar-refractivity contribution < 1.29 is 19.1 Å². The predicted octanol–water partition coefficient (Wildman–Crippen LogP) is 1.88. The lowest BCUT2D eigenvalue weighted by atomic mass is 10.1. The molecule has 0 unspecified atom stereocenters. The van der Waals surface area contributed by atoms with Crippen LogP contribution in [0.25, 0.3) is 0 Å². The molecule has 3 rings (SSSR count). The topological polar surface area (TPSA) is 123 Å². The molecule has 0 aliphatic heterocycles. The maximum Gasteiger partial charge on any atom is 0.342 e. The van der Waals surface area contributed by atoms with Gasteiger partial charge in [0.15, 0.2) is 6.61 Å². The molecule has 166 valence electrons. The number of carbonyl (C=O) groups excluding carboxylic acids is 2. The number of nitrogen functional groups attached to an aromatic ring is 1. The van der Waals surface area contributed by atoms with Gasteiger partial charge in [-0.15, -0.1) is 0 Å². The first-order chi connectivity index (χ1) is 15.2. The Balaban J connectivity index is 1.90. The molecule has 0 bridgehead atoms. The molecule has 9 nitrogen and oxygen atoms in total. The Morgan fingerprint density at radius 3 is 2.44 bits per heavy atom. The fraction of sp³-hybridized carbons (Fsp3) is 0.182. The van der Waals surface area contributed by atoms with E-state index in [4.69, 9.17) is 26.8 Å². The summed E-state index contributed by atoms with van der Waals surface area (Å²) in [7, 11) is 2.61. The first kappa shape index (κ1) is 22.8. The van der Waals surface area contributed by atoms with Crippen LogP contribution in [0.2, 0.25) is 5.02 Å². The van der Waals surface area contributed by atoms with E-state index in [1.165, 1.54) is 32.4 Å². The van der Waals surface area contributed by atoms with Gasteiger partial charge in [0.2, 0.25) is 5.78 Å². The van der Waals surface area contributed by atoms with Crippen LogP contribution in [0, 0.1) is 0 Å². The zero-order chi connectivity index (χ0) is 23.4. The quantitative estimate of drug-likeness (QED) is 0.424. The highest BCUT2D eigenvalue weighted by atomic mass is 35.5. The summed E-state index contributed by atoms with van der Waals surface area (Å²) in [5.74, 6) is -1.81. The maximum absolute atomic E-state index is 12.8. The van der Waals surface area contributed by atoms with Crippen molar-refractivity contribution in [2.45, 2.75) is 6.54 Å². The summed E-state index contributed by atoms with van der Waals surface area (Å²) in [6.45, 7) is -0.711. The normalized spacial score (nSPS) is 10.6. The fourth-order valence-electron chi connectivity index (χ4n) is 3.08.